The maximum Gasteiger partial charge on any atom is 0.241 e. The molecule has 2 rings (SSSR count). The first-order valence-corrected chi connectivity index (χ1v) is 7.78. The van der Waals surface area contributed by atoms with Gasteiger partial charge >= 0.3 is 0 Å². The zero-order chi connectivity index (χ0) is 15.2. The van der Waals surface area contributed by atoms with Gasteiger partial charge in [-0.1, -0.05) is 38.1 Å². The molecule has 116 valence electrons. The fourth-order valence-corrected chi connectivity index (χ4v) is 2.49. The monoisotopic (exact) mass is 290 g/mol. The highest BCUT2D eigenvalue weighted by Crippen LogP contribution is 2.18. The fourth-order valence-electron chi connectivity index (χ4n) is 2.49. The maximum absolute atomic E-state index is 12.3. The molecule has 0 radical (unpaired) electrons. The molecule has 1 aliphatic rings. The number of carbonyl (C=O) groups is 1. The van der Waals surface area contributed by atoms with E-state index in [4.69, 9.17) is 4.74 Å². The number of ether oxygens (including phenoxy) is 1. The third-order valence-corrected chi connectivity index (χ3v) is 3.80. The molecule has 1 unspecified atom stereocenters. The lowest BCUT2D eigenvalue weighted by molar-refractivity contribution is -0.129. The van der Waals surface area contributed by atoms with Crippen LogP contribution in [0.5, 0.6) is 0 Å². The van der Waals surface area contributed by atoms with Crippen molar-refractivity contribution in [3.05, 3.63) is 35.4 Å². The van der Waals surface area contributed by atoms with Crippen LogP contribution in [0.15, 0.2) is 24.3 Å². The highest BCUT2D eigenvalue weighted by molar-refractivity contribution is 5.82. The lowest BCUT2D eigenvalue weighted by atomic mass is 9.96. The van der Waals surface area contributed by atoms with E-state index >= 15 is 0 Å². The minimum atomic E-state index is -0.138. The van der Waals surface area contributed by atoms with Crippen molar-refractivity contribution in [3.8, 4) is 0 Å². The molecule has 1 fully saturated rings. The van der Waals surface area contributed by atoms with E-state index in [1.807, 2.05) is 11.9 Å². The summed E-state index contributed by atoms with van der Waals surface area (Å²) >= 11 is 0. The first-order chi connectivity index (χ1) is 10.1. The molecule has 1 saturated heterocycles. The van der Waals surface area contributed by atoms with Crippen molar-refractivity contribution in [2.45, 2.75) is 33.1 Å². The summed E-state index contributed by atoms with van der Waals surface area (Å²) in [5.74, 6) is 0.562. The number of carbonyl (C=O) groups excluding carboxylic acids is 1. The molecule has 21 heavy (non-hydrogen) atoms. The van der Waals surface area contributed by atoms with Gasteiger partial charge in [-0.3, -0.25) is 10.2 Å². The molecule has 0 saturated carbocycles. The molecule has 1 N–H and O–H groups in total. The van der Waals surface area contributed by atoms with E-state index in [1.54, 1.807) is 0 Å². The quantitative estimate of drug-likeness (QED) is 0.905. The van der Waals surface area contributed by atoms with Crippen LogP contribution in [0.4, 0.5) is 0 Å². The third-order valence-electron chi connectivity index (χ3n) is 3.80. The van der Waals surface area contributed by atoms with Crippen molar-refractivity contribution >= 4 is 5.91 Å². The number of hydrogen-bond acceptors (Lipinski definition) is 3. The molecule has 1 heterocycles. The van der Waals surface area contributed by atoms with Gasteiger partial charge < -0.3 is 4.74 Å². The lowest BCUT2D eigenvalue weighted by Crippen LogP contribution is -2.49. The van der Waals surface area contributed by atoms with Gasteiger partial charge in [-0.25, -0.2) is 5.01 Å². The molecule has 0 aliphatic carbocycles. The number of nitrogens with one attached hydrogen (secondary N) is 1. The van der Waals surface area contributed by atoms with Crippen molar-refractivity contribution < 1.29 is 9.53 Å². The minimum Gasteiger partial charge on any atom is -0.379 e. The Bertz CT molecular complexity index is 450. The van der Waals surface area contributed by atoms with Crippen molar-refractivity contribution in [3.63, 3.8) is 0 Å². The topological polar surface area (TPSA) is 41.6 Å². The Balaban J connectivity index is 1.91. The molecule has 4 heteroatoms. The Kier molecular flexibility index (Phi) is 5.76. The molecule has 0 spiro atoms. The van der Waals surface area contributed by atoms with Crippen molar-refractivity contribution in [1.82, 2.24) is 10.4 Å². The Labute approximate surface area is 127 Å². The molecule has 1 aliphatic heterocycles. The fraction of sp³-hybridized carbons (Fsp3) is 0.588. The summed E-state index contributed by atoms with van der Waals surface area (Å²) in [6.07, 6.45) is 1.08. The zero-order valence-electron chi connectivity index (χ0n) is 13.3. The number of nitrogens with zero attached hydrogens (tertiary/aromatic N) is 1. The molecule has 0 aromatic heterocycles. The number of benzene rings is 1. The lowest BCUT2D eigenvalue weighted by Gasteiger charge is -2.28. The highest BCUT2D eigenvalue weighted by atomic mass is 16.5. The van der Waals surface area contributed by atoms with Crippen LogP contribution < -0.4 is 5.43 Å². The molecule has 1 aromatic rings. The van der Waals surface area contributed by atoms with Crippen molar-refractivity contribution in [2.75, 3.05) is 26.3 Å². The van der Waals surface area contributed by atoms with E-state index in [-0.39, 0.29) is 11.8 Å². The van der Waals surface area contributed by atoms with Crippen LogP contribution in [0, 0.1) is 5.92 Å². The van der Waals surface area contributed by atoms with Crippen LogP contribution in [0.1, 0.15) is 37.8 Å². The van der Waals surface area contributed by atoms with Gasteiger partial charge in [0, 0.05) is 13.1 Å². The first kappa shape index (κ1) is 16.0. The Morgan fingerprint density at radius 2 is 1.81 bits per heavy atom. The molecule has 1 aromatic carbocycles. The molecular weight excluding hydrogens is 264 g/mol. The van der Waals surface area contributed by atoms with Gasteiger partial charge in [-0.15, -0.1) is 0 Å². The Hall–Kier alpha value is -1.39. The summed E-state index contributed by atoms with van der Waals surface area (Å²) in [6, 6.07) is 8.41. The SMILES string of the molecule is CC(C)Cc1ccc(C(C)C(=O)NN2CCOCC2)cc1. The van der Waals surface area contributed by atoms with E-state index in [0.717, 1.165) is 25.1 Å². The average molecular weight is 290 g/mol. The minimum absolute atomic E-state index is 0.0495. The van der Waals surface area contributed by atoms with E-state index in [0.29, 0.717) is 19.1 Å². The number of hydrazine groups is 1. The van der Waals surface area contributed by atoms with Gasteiger partial charge in [0.25, 0.3) is 0 Å². The third kappa shape index (κ3) is 4.83. The van der Waals surface area contributed by atoms with Gasteiger partial charge in [0.2, 0.25) is 5.91 Å². The highest BCUT2D eigenvalue weighted by Gasteiger charge is 2.19. The van der Waals surface area contributed by atoms with E-state index in [2.05, 4.69) is 43.5 Å². The second-order valence-corrected chi connectivity index (χ2v) is 6.14. The second kappa shape index (κ2) is 7.57. The zero-order valence-corrected chi connectivity index (χ0v) is 13.3. The van der Waals surface area contributed by atoms with Crippen molar-refractivity contribution in [2.24, 2.45) is 5.92 Å². The van der Waals surface area contributed by atoms with Crippen LogP contribution >= 0.6 is 0 Å². The van der Waals surface area contributed by atoms with Crippen molar-refractivity contribution in [1.29, 1.82) is 0 Å². The summed E-state index contributed by atoms with van der Waals surface area (Å²) in [7, 11) is 0. The van der Waals surface area contributed by atoms with Gasteiger partial charge in [-0.05, 0) is 30.4 Å². The van der Waals surface area contributed by atoms with Crippen LogP contribution in [0.25, 0.3) is 0 Å². The standard InChI is InChI=1S/C17H26N2O2/c1-13(2)12-15-4-6-16(7-5-15)14(3)17(20)18-19-8-10-21-11-9-19/h4-7,13-14H,8-12H2,1-3H3,(H,18,20). The van der Waals surface area contributed by atoms with E-state index < -0.39 is 0 Å². The number of rotatable bonds is 5. The molecular formula is C17H26N2O2. The summed E-state index contributed by atoms with van der Waals surface area (Å²) < 4.78 is 5.28. The smallest absolute Gasteiger partial charge is 0.241 e. The average Bonchev–Trinajstić information content (AvgIpc) is 2.47. The Morgan fingerprint density at radius 1 is 1.19 bits per heavy atom. The molecule has 4 nitrogen and oxygen atoms in total. The van der Waals surface area contributed by atoms with Crippen LogP contribution in [-0.2, 0) is 16.0 Å². The summed E-state index contributed by atoms with van der Waals surface area (Å²) in [5, 5.41) is 1.94. The molecule has 1 atom stereocenters. The molecule has 1 amide bonds. The normalized spacial score (nSPS) is 17.7. The van der Waals surface area contributed by atoms with Gasteiger partial charge in [0.1, 0.15) is 0 Å². The maximum atomic E-state index is 12.3. The largest absolute Gasteiger partial charge is 0.379 e. The first-order valence-electron chi connectivity index (χ1n) is 7.78. The number of amides is 1. The van der Waals surface area contributed by atoms with Gasteiger partial charge in [-0.2, -0.15) is 0 Å². The van der Waals surface area contributed by atoms with Crippen LogP contribution in [0.2, 0.25) is 0 Å². The van der Waals surface area contributed by atoms with Gasteiger partial charge in [0.05, 0.1) is 19.1 Å². The number of hydrogen-bond donors (Lipinski definition) is 1. The van der Waals surface area contributed by atoms with Crippen LogP contribution in [-0.4, -0.2) is 37.2 Å². The van der Waals surface area contributed by atoms with Crippen LogP contribution in [0.3, 0.4) is 0 Å². The summed E-state index contributed by atoms with van der Waals surface area (Å²) in [6.45, 7) is 9.25. The van der Waals surface area contributed by atoms with E-state index in [1.165, 1.54) is 5.56 Å². The summed E-state index contributed by atoms with van der Waals surface area (Å²) in [4.78, 5) is 12.3. The number of morpholine rings is 1. The van der Waals surface area contributed by atoms with Gasteiger partial charge in [0.15, 0.2) is 0 Å². The predicted octanol–water partition coefficient (Wildman–Crippen LogP) is 2.35. The second-order valence-electron chi connectivity index (χ2n) is 6.14. The Morgan fingerprint density at radius 3 is 2.38 bits per heavy atom. The van der Waals surface area contributed by atoms with E-state index in [9.17, 15) is 4.79 Å². The summed E-state index contributed by atoms with van der Waals surface area (Å²) in [5.41, 5.74) is 5.37. The molecule has 0 bridgehead atoms. The predicted molar refractivity (Wildman–Crippen MR) is 83.9 cm³/mol.